The van der Waals surface area contributed by atoms with Gasteiger partial charge >= 0.3 is 0 Å². The molecule has 0 fully saturated rings. The number of hydrogen-bond donors (Lipinski definition) is 2. The van der Waals surface area contributed by atoms with Gasteiger partial charge in [0.05, 0.1) is 13.2 Å². The monoisotopic (exact) mass is 294 g/mol. The largest absolute Gasteiger partial charge is 0.471 e. The van der Waals surface area contributed by atoms with Crippen LogP contribution < -0.4 is 11.5 Å². The summed E-state index contributed by atoms with van der Waals surface area (Å²) in [6.45, 7) is 9.80. The molecule has 0 heterocycles. The molecule has 0 unspecified atom stereocenters. The van der Waals surface area contributed by atoms with Crippen LogP contribution in [0.15, 0.2) is 0 Å². The van der Waals surface area contributed by atoms with Gasteiger partial charge in [0, 0.05) is 0 Å². The Labute approximate surface area is 121 Å². The van der Waals surface area contributed by atoms with Crippen molar-refractivity contribution in [2.24, 2.45) is 23.3 Å². The van der Waals surface area contributed by atoms with Gasteiger partial charge in [-0.25, -0.2) is 0 Å². The van der Waals surface area contributed by atoms with Crippen LogP contribution in [0.2, 0.25) is 0 Å². The topological polar surface area (TPSA) is 70.5 Å². The highest BCUT2D eigenvalue weighted by Crippen LogP contribution is 1.98. The van der Waals surface area contributed by atoms with Gasteiger partial charge in [-0.05, 0) is 49.1 Å². The van der Waals surface area contributed by atoms with Crippen LogP contribution >= 0.6 is 24.4 Å². The van der Waals surface area contributed by atoms with Crippen LogP contribution in [0.5, 0.6) is 0 Å². The van der Waals surface area contributed by atoms with E-state index in [0.717, 1.165) is 12.8 Å². The average Bonchev–Trinajstić information content (AvgIpc) is 2.15. The van der Waals surface area contributed by atoms with E-state index in [4.69, 9.17) is 20.9 Å². The van der Waals surface area contributed by atoms with Crippen LogP contribution in [-0.2, 0) is 9.47 Å². The third kappa shape index (κ3) is 24.6. The smallest absolute Gasteiger partial charge is 0.253 e. The molecular formula is C12H26N2O2S2. The molecule has 0 spiro atoms. The highest BCUT2D eigenvalue weighted by atomic mass is 32.1. The Hall–Kier alpha value is -0.620. The lowest BCUT2D eigenvalue weighted by atomic mass is 10.1. The highest BCUT2D eigenvalue weighted by molar-refractivity contribution is 7.80. The SMILES string of the molecule is CC(C)CCOC(N)=S.CC(C)CCOC(N)=S. The van der Waals surface area contributed by atoms with Gasteiger partial charge in [0.15, 0.2) is 0 Å². The van der Waals surface area contributed by atoms with E-state index in [0.29, 0.717) is 25.0 Å². The van der Waals surface area contributed by atoms with E-state index in [9.17, 15) is 0 Å². The van der Waals surface area contributed by atoms with Crippen molar-refractivity contribution in [3.63, 3.8) is 0 Å². The molecule has 0 aromatic rings. The Bertz CT molecular complexity index is 210. The Balaban J connectivity index is 0. The summed E-state index contributed by atoms with van der Waals surface area (Å²) in [7, 11) is 0. The molecule has 108 valence electrons. The maximum Gasteiger partial charge on any atom is 0.253 e. The second kappa shape index (κ2) is 12.8. The van der Waals surface area contributed by atoms with Crippen LogP contribution in [-0.4, -0.2) is 23.6 Å². The number of rotatable bonds is 6. The molecule has 0 aliphatic rings. The van der Waals surface area contributed by atoms with E-state index in [1.165, 1.54) is 0 Å². The second-order valence-electron chi connectivity index (χ2n) is 4.70. The van der Waals surface area contributed by atoms with Gasteiger partial charge in [0.25, 0.3) is 10.3 Å². The molecule has 0 saturated heterocycles. The summed E-state index contributed by atoms with van der Waals surface area (Å²) in [6, 6.07) is 0. The second-order valence-corrected chi connectivity index (χ2v) is 5.50. The summed E-state index contributed by atoms with van der Waals surface area (Å²) in [5, 5.41) is 0.298. The van der Waals surface area contributed by atoms with Crippen molar-refractivity contribution in [2.45, 2.75) is 40.5 Å². The van der Waals surface area contributed by atoms with E-state index in [1.54, 1.807) is 0 Å². The summed E-state index contributed by atoms with van der Waals surface area (Å²) in [4.78, 5) is 0. The number of hydrogen-bond acceptors (Lipinski definition) is 4. The van der Waals surface area contributed by atoms with Gasteiger partial charge in [-0.1, -0.05) is 27.7 Å². The number of ether oxygens (including phenoxy) is 2. The van der Waals surface area contributed by atoms with E-state index in [1.807, 2.05) is 0 Å². The highest BCUT2D eigenvalue weighted by Gasteiger charge is 1.94. The molecule has 4 nitrogen and oxygen atoms in total. The molecule has 6 heteroatoms. The van der Waals surface area contributed by atoms with Crippen molar-refractivity contribution < 1.29 is 9.47 Å². The summed E-state index contributed by atoms with van der Waals surface area (Å²) in [5.74, 6) is 1.30. The van der Waals surface area contributed by atoms with Gasteiger partial charge < -0.3 is 20.9 Å². The number of nitrogens with two attached hydrogens (primary N) is 2. The zero-order valence-corrected chi connectivity index (χ0v) is 13.4. The fraction of sp³-hybridized carbons (Fsp3) is 0.833. The van der Waals surface area contributed by atoms with E-state index < -0.39 is 0 Å². The van der Waals surface area contributed by atoms with Crippen LogP contribution in [0.4, 0.5) is 0 Å². The maximum atomic E-state index is 5.09. The lowest BCUT2D eigenvalue weighted by molar-refractivity contribution is 0.280. The molecule has 0 aromatic heterocycles. The lowest BCUT2D eigenvalue weighted by Crippen LogP contribution is -2.14. The van der Waals surface area contributed by atoms with Crippen molar-refractivity contribution in [3.8, 4) is 0 Å². The Morgan fingerprint density at radius 3 is 1.28 bits per heavy atom. The van der Waals surface area contributed by atoms with Gasteiger partial charge in [-0.3, -0.25) is 0 Å². The molecular weight excluding hydrogens is 268 g/mol. The average molecular weight is 294 g/mol. The van der Waals surface area contributed by atoms with Gasteiger partial charge in [0.1, 0.15) is 0 Å². The fourth-order valence-electron chi connectivity index (χ4n) is 0.790. The molecule has 0 aromatic carbocycles. The molecule has 0 saturated carbocycles. The van der Waals surface area contributed by atoms with E-state index in [2.05, 4.69) is 52.1 Å². The minimum absolute atomic E-state index is 0.149. The lowest BCUT2D eigenvalue weighted by Gasteiger charge is -2.04. The molecule has 0 aliphatic carbocycles. The van der Waals surface area contributed by atoms with Crippen LogP contribution in [0.25, 0.3) is 0 Å². The van der Waals surface area contributed by atoms with Crippen molar-refractivity contribution in [1.29, 1.82) is 0 Å². The van der Waals surface area contributed by atoms with Crippen LogP contribution in [0.3, 0.4) is 0 Å². The minimum atomic E-state index is 0.149. The van der Waals surface area contributed by atoms with Gasteiger partial charge in [-0.2, -0.15) is 0 Å². The fourth-order valence-corrected chi connectivity index (χ4v) is 0.957. The molecule has 0 rings (SSSR count). The van der Waals surface area contributed by atoms with Crippen molar-refractivity contribution >= 4 is 34.8 Å². The first-order chi connectivity index (χ1) is 8.25. The first-order valence-electron chi connectivity index (χ1n) is 6.10. The predicted molar refractivity (Wildman–Crippen MR) is 84.4 cm³/mol. The number of thiocarbonyl (C=S) groups is 2. The van der Waals surface area contributed by atoms with Gasteiger partial charge in [0.2, 0.25) is 0 Å². The minimum Gasteiger partial charge on any atom is -0.471 e. The van der Waals surface area contributed by atoms with E-state index in [-0.39, 0.29) is 10.3 Å². The zero-order chi connectivity index (χ0) is 14.6. The molecule has 4 N–H and O–H groups in total. The molecule has 0 amide bonds. The maximum absolute atomic E-state index is 5.09. The predicted octanol–water partition coefficient (Wildman–Crippen LogP) is 2.59. The summed E-state index contributed by atoms with van der Waals surface area (Å²) < 4.78 is 9.72. The Morgan fingerprint density at radius 1 is 0.833 bits per heavy atom. The first kappa shape index (κ1) is 19.7. The third-order valence-electron chi connectivity index (χ3n) is 1.88. The molecule has 0 bridgehead atoms. The third-order valence-corrected chi connectivity index (χ3v) is 2.11. The summed E-state index contributed by atoms with van der Waals surface area (Å²) in [6.07, 6.45) is 2.02. The van der Waals surface area contributed by atoms with Gasteiger partial charge in [-0.15, -0.1) is 0 Å². The zero-order valence-electron chi connectivity index (χ0n) is 11.8. The van der Waals surface area contributed by atoms with Crippen molar-refractivity contribution in [2.75, 3.05) is 13.2 Å². The molecule has 0 atom stereocenters. The standard InChI is InChI=1S/2C6H13NOS/c2*1-5(2)3-4-8-6(7)9/h2*5H,3-4H2,1-2H3,(H2,7,9). The normalized spacial score (nSPS) is 9.67. The van der Waals surface area contributed by atoms with E-state index >= 15 is 0 Å². The molecule has 0 radical (unpaired) electrons. The summed E-state index contributed by atoms with van der Waals surface area (Å²) >= 11 is 9.01. The summed E-state index contributed by atoms with van der Waals surface area (Å²) in [5.41, 5.74) is 10.2. The van der Waals surface area contributed by atoms with Crippen LogP contribution in [0.1, 0.15) is 40.5 Å². The van der Waals surface area contributed by atoms with Crippen molar-refractivity contribution in [3.05, 3.63) is 0 Å². The first-order valence-corrected chi connectivity index (χ1v) is 6.91. The van der Waals surface area contributed by atoms with Crippen molar-refractivity contribution in [1.82, 2.24) is 0 Å². The molecule has 18 heavy (non-hydrogen) atoms. The molecule has 0 aliphatic heterocycles. The Morgan fingerprint density at radius 2 is 1.11 bits per heavy atom. The Kier molecular flexibility index (Phi) is 14.0. The van der Waals surface area contributed by atoms with Crippen LogP contribution in [0, 0.1) is 11.8 Å². The quantitative estimate of drug-likeness (QED) is 0.734.